The Bertz CT molecular complexity index is 1590. The summed E-state index contributed by atoms with van der Waals surface area (Å²) in [5.74, 6) is -0.221. The third kappa shape index (κ3) is 5.87. The second-order valence-electron chi connectivity index (χ2n) is 11.5. The summed E-state index contributed by atoms with van der Waals surface area (Å²) in [5, 5.41) is 16.2. The van der Waals surface area contributed by atoms with Gasteiger partial charge in [0.2, 0.25) is 12.3 Å². The summed E-state index contributed by atoms with van der Waals surface area (Å²) < 4.78 is 32.9. The Morgan fingerprint density at radius 3 is 2.71 bits per heavy atom. The number of carbonyl (C=O) groups excluding carboxylic acids is 1. The molecule has 2 aromatic carbocycles. The summed E-state index contributed by atoms with van der Waals surface area (Å²) in [6.45, 7) is 6.15. The molecule has 10 heteroatoms. The fourth-order valence-corrected chi connectivity index (χ4v) is 6.47. The number of hydrogen-bond acceptors (Lipinski definition) is 7. The lowest BCUT2D eigenvalue weighted by Crippen LogP contribution is -2.44. The van der Waals surface area contributed by atoms with Crippen molar-refractivity contribution in [3.63, 3.8) is 0 Å². The molecule has 0 saturated heterocycles. The Hall–Kier alpha value is -3.50. The number of alkyl halides is 2. The van der Waals surface area contributed by atoms with Gasteiger partial charge in [-0.25, -0.2) is 13.8 Å². The standard InChI is InChI=1S/C32H34F2N4O3S/c1-3-32(40,31-36-29(37-41-31)20-9-10-20)13-4-5-14-38(30(39)24-15-23(16-24)28(33)34)25-8-6-7-21(17-25)22-11-12-26-27(18-22)42-19(2)35-26/h3,6-8,11-12,17-18,20,23-24,28,40H,1,4-5,9-10,13-16H2,2H3. The number of unbranched alkanes of at least 4 members (excludes halogenated alkanes) is 1. The maximum atomic E-state index is 13.6. The molecule has 6 rings (SSSR count). The van der Waals surface area contributed by atoms with Crippen LogP contribution in [0.4, 0.5) is 14.5 Å². The summed E-state index contributed by atoms with van der Waals surface area (Å²) in [5.41, 5.74) is 2.20. The highest BCUT2D eigenvalue weighted by Crippen LogP contribution is 2.41. The van der Waals surface area contributed by atoms with Crippen molar-refractivity contribution in [2.75, 3.05) is 11.4 Å². The van der Waals surface area contributed by atoms with Gasteiger partial charge in [0, 0.05) is 30.0 Å². The SMILES string of the molecule is C=CC(O)(CCCCN(C(=O)C1CC(C(F)F)C1)c1cccc(-c2ccc3nc(C)sc3c2)c1)c1nc(C2CC2)no1. The average Bonchev–Trinajstić information content (AvgIpc) is 3.54. The normalized spacial score (nSPS) is 19.9. The Balaban J connectivity index is 1.18. The van der Waals surface area contributed by atoms with Gasteiger partial charge in [0.25, 0.3) is 5.89 Å². The number of anilines is 1. The number of thiazole rings is 1. The molecule has 1 N–H and O–H groups in total. The van der Waals surface area contributed by atoms with Gasteiger partial charge < -0.3 is 14.5 Å². The second-order valence-corrected chi connectivity index (χ2v) is 12.8. The molecule has 2 aromatic heterocycles. The fraction of sp³-hybridized carbons (Fsp3) is 0.438. The van der Waals surface area contributed by atoms with E-state index in [1.807, 2.05) is 43.3 Å². The Morgan fingerprint density at radius 1 is 1.19 bits per heavy atom. The maximum absolute atomic E-state index is 13.6. The highest BCUT2D eigenvalue weighted by Gasteiger charge is 2.41. The lowest BCUT2D eigenvalue weighted by Gasteiger charge is -2.37. The molecule has 2 aliphatic rings. The van der Waals surface area contributed by atoms with E-state index in [4.69, 9.17) is 4.52 Å². The van der Waals surface area contributed by atoms with Crippen molar-refractivity contribution in [3.8, 4) is 11.1 Å². The predicted octanol–water partition coefficient (Wildman–Crippen LogP) is 7.40. The molecule has 2 aliphatic carbocycles. The Morgan fingerprint density at radius 2 is 1.98 bits per heavy atom. The van der Waals surface area contributed by atoms with E-state index in [0.717, 1.165) is 44.9 Å². The topological polar surface area (TPSA) is 92.3 Å². The molecule has 0 radical (unpaired) electrons. The van der Waals surface area contributed by atoms with E-state index in [-0.39, 0.29) is 24.6 Å². The molecule has 7 nitrogen and oxygen atoms in total. The summed E-state index contributed by atoms with van der Waals surface area (Å²) >= 11 is 1.64. The van der Waals surface area contributed by atoms with Gasteiger partial charge in [0.05, 0.1) is 15.2 Å². The molecule has 2 heterocycles. The van der Waals surface area contributed by atoms with E-state index in [0.29, 0.717) is 37.5 Å². The van der Waals surface area contributed by atoms with Crippen LogP contribution in [0.15, 0.2) is 59.6 Å². The van der Waals surface area contributed by atoms with E-state index in [9.17, 15) is 18.7 Å². The van der Waals surface area contributed by atoms with E-state index >= 15 is 0 Å². The number of amides is 1. The molecule has 1 amide bonds. The van der Waals surface area contributed by atoms with E-state index in [1.54, 1.807) is 16.2 Å². The number of aliphatic hydroxyl groups is 1. The summed E-state index contributed by atoms with van der Waals surface area (Å²) in [6, 6.07) is 13.9. The van der Waals surface area contributed by atoms with Crippen molar-refractivity contribution in [2.45, 2.75) is 69.8 Å². The molecule has 42 heavy (non-hydrogen) atoms. The molecule has 2 fully saturated rings. The smallest absolute Gasteiger partial charge is 0.262 e. The third-order valence-corrected chi connectivity index (χ3v) is 9.35. The largest absolute Gasteiger partial charge is 0.376 e. The number of rotatable bonds is 12. The molecule has 0 spiro atoms. The molecule has 2 saturated carbocycles. The number of aromatic nitrogens is 3. The van der Waals surface area contributed by atoms with Crippen LogP contribution < -0.4 is 4.90 Å². The van der Waals surface area contributed by atoms with Crippen LogP contribution in [0.3, 0.4) is 0 Å². The average molecular weight is 593 g/mol. The van der Waals surface area contributed by atoms with Crippen LogP contribution in [0.2, 0.25) is 0 Å². The highest BCUT2D eigenvalue weighted by atomic mass is 32.1. The number of carbonyl (C=O) groups is 1. The van der Waals surface area contributed by atoms with Crippen molar-refractivity contribution >= 4 is 33.1 Å². The lowest BCUT2D eigenvalue weighted by atomic mass is 9.74. The molecular weight excluding hydrogens is 558 g/mol. The number of hydrogen-bond donors (Lipinski definition) is 1. The van der Waals surface area contributed by atoms with Crippen molar-refractivity contribution < 1.29 is 23.2 Å². The molecule has 0 bridgehead atoms. The monoisotopic (exact) mass is 592 g/mol. The van der Waals surface area contributed by atoms with Gasteiger partial charge in [-0.05, 0) is 87.3 Å². The zero-order valence-electron chi connectivity index (χ0n) is 23.5. The predicted molar refractivity (Wildman–Crippen MR) is 159 cm³/mol. The van der Waals surface area contributed by atoms with E-state index in [2.05, 4.69) is 27.8 Å². The molecule has 220 valence electrons. The van der Waals surface area contributed by atoms with Crippen LogP contribution in [0.5, 0.6) is 0 Å². The Kier molecular flexibility index (Phi) is 7.93. The summed E-state index contributed by atoms with van der Waals surface area (Å²) in [7, 11) is 0. The zero-order chi connectivity index (χ0) is 29.4. The quantitative estimate of drug-likeness (QED) is 0.136. The van der Waals surface area contributed by atoms with Gasteiger partial charge in [0.1, 0.15) is 0 Å². The first-order valence-electron chi connectivity index (χ1n) is 14.5. The highest BCUT2D eigenvalue weighted by molar-refractivity contribution is 7.18. The van der Waals surface area contributed by atoms with Gasteiger partial charge in [-0.3, -0.25) is 4.79 Å². The molecule has 1 atom stereocenters. The summed E-state index contributed by atoms with van der Waals surface area (Å²) in [4.78, 5) is 24.3. The maximum Gasteiger partial charge on any atom is 0.262 e. The number of halogens is 2. The van der Waals surface area contributed by atoms with Gasteiger partial charge in [-0.2, -0.15) is 4.98 Å². The van der Waals surface area contributed by atoms with E-state index < -0.39 is 23.9 Å². The van der Waals surface area contributed by atoms with Crippen LogP contribution in [0.25, 0.3) is 21.3 Å². The minimum Gasteiger partial charge on any atom is -0.376 e. The minimum absolute atomic E-state index is 0.137. The first-order valence-corrected chi connectivity index (χ1v) is 15.3. The number of benzene rings is 2. The van der Waals surface area contributed by atoms with Crippen molar-refractivity contribution in [1.82, 2.24) is 15.1 Å². The molecule has 1 unspecified atom stereocenters. The number of nitrogens with zero attached hydrogens (tertiary/aromatic N) is 4. The second kappa shape index (κ2) is 11.6. The Labute approximate surface area is 247 Å². The molecular formula is C32H34F2N4O3S. The first kappa shape index (κ1) is 28.6. The molecule has 4 aromatic rings. The van der Waals surface area contributed by atoms with Crippen molar-refractivity contribution in [1.29, 1.82) is 0 Å². The number of fused-ring (bicyclic) bond motifs is 1. The first-order chi connectivity index (χ1) is 20.2. The van der Waals surface area contributed by atoms with Gasteiger partial charge in [-0.15, -0.1) is 11.3 Å². The third-order valence-electron chi connectivity index (χ3n) is 8.41. The van der Waals surface area contributed by atoms with Gasteiger partial charge in [0.15, 0.2) is 11.4 Å². The lowest BCUT2D eigenvalue weighted by molar-refractivity contribution is -0.129. The summed E-state index contributed by atoms with van der Waals surface area (Å²) in [6.07, 6.45) is 2.89. The van der Waals surface area contributed by atoms with Crippen LogP contribution in [-0.4, -0.2) is 39.1 Å². The van der Waals surface area contributed by atoms with E-state index in [1.165, 1.54) is 6.08 Å². The number of aryl methyl sites for hydroxylation is 1. The van der Waals surface area contributed by atoms with Crippen LogP contribution in [-0.2, 0) is 10.4 Å². The van der Waals surface area contributed by atoms with Gasteiger partial charge >= 0.3 is 0 Å². The minimum atomic E-state index is -2.40. The van der Waals surface area contributed by atoms with Crippen molar-refractivity contribution in [2.24, 2.45) is 11.8 Å². The van der Waals surface area contributed by atoms with Crippen LogP contribution in [0.1, 0.15) is 67.6 Å². The fourth-order valence-electron chi connectivity index (χ4n) is 5.61. The van der Waals surface area contributed by atoms with Crippen LogP contribution >= 0.6 is 11.3 Å². The zero-order valence-corrected chi connectivity index (χ0v) is 24.3. The van der Waals surface area contributed by atoms with Crippen LogP contribution in [0, 0.1) is 18.8 Å². The van der Waals surface area contributed by atoms with Crippen molar-refractivity contribution in [3.05, 3.63) is 71.8 Å². The molecule has 0 aliphatic heterocycles. The van der Waals surface area contributed by atoms with Gasteiger partial charge in [-0.1, -0.05) is 36.0 Å².